The number of aromatic nitrogens is 3. The Morgan fingerprint density at radius 2 is 2.05 bits per heavy atom. The molecule has 0 atom stereocenters. The first-order chi connectivity index (χ1) is 10.4. The van der Waals surface area contributed by atoms with Crippen LogP contribution in [0.4, 0.5) is 18.9 Å². The molecule has 0 amide bonds. The van der Waals surface area contributed by atoms with Crippen molar-refractivity contribution in [3.05, 3.63) is 35.9 Å². The Balaban J connectivity index is 1.95. The summed E-state index contributed by atoms with van der Waals surface area (Å²) in [5.74, 6) is -0.552. The van der Waals surface area contributed by atoms with Crippen molar-refractivity contribution >= 4 is 11.6 Å². The predicted molar refractivity (Wildman–Crippen MR) is 73.3 cm³/mol. The van der Waals surface area contributed by atoms with E-state index in [0.29, 0.717) is 11.4 Å². The Hall–Kier alpha value is -2.78. The van der Waals surface area contributed by atoms with Crippen LogP contribution < -0.4 is 15.8 Å². The quantitative estimate of drug-likeness (QED) is 0.589. The summed E-state index contributed by atoms with van der Waals surface area (Å²) in [6.07, 6.45) is -4.59. The number of methoxy groups -OCH3 is 1. The molecule has 2 aromatic rings. The van der Waals surface area contributed by atoms with E-state index in [0.717, 1.165) is 0 Å². The van der Waals surface area contributed by atoms with Crippen LogP contribution in [-0.2, 0) is 12.7 Å². The number of benzene rings is 1. The fraction of sp³-hybridized carbons (Fsp3) is 0.250. The second kappa shape index (κ2) is 6.33. The summed E-state index contributed by atoms with van der Waals surface area (Å²) in [7, 11) is 1.55. The van der Waals surface area contributed by atoms with Crippen molar-refractivity contribution in [2.24, 2.45) is 10.7 Å². The van der Waals surface area contributed by atoms with Gasteiger partial charge >= 0.3 is 6.18 Å². The zero-order valence-electron chi connectivity index (χ0n) is 11.5. The molecule has 0 radical (unpaired) electrons. The van der Waals surface area contributed by atoms with Gasteiger partial charge in [0.05, 0.1) is 7.11 Å². The SMILES string of the molecule is COc1ccc(NC(N)=NCc2nc(C(F)(F)F)n[nH]2)cc1. The third-order valence-corrected chi connectivity index (χ3v) is 2.55. The summed E-state index contributed by atoms with van der Waals surface area (Å²) in [4.78, 5) is 7.16. The van der Waals surface area contributed by atoms with Crippen molar-refractivity contribution in [2.45, 2.75) is 12.7 Å². The molecule has 0 spiro atoms. The van der Waals surface area contributed by atoms with Crippen molar-refractivity contribution in [2.75, 3.05) is 12.4 Å². The number of hydrogen-bond acceptors (Lipinski definition) is 4. The minimum atomic E-state index is -4.59. The van der Waals surface area contributed by atoms with Gasteiger partial charge in [0.25, 0.3) is 5.82 Å². The lowest BCUT2D eigenvalue weighted by Crippen LogP contribution is -2.22. The van der Waals surface area contributed by atoms with Gasteiger partial charge < -0.3 is 15.8 Å². The van der Waals surface area contributed by atoms with Crippen LogP contribution in [0.25, 0.3) is 0 Å². The molecule has 7 nitrogen and oxygen atoms in total. The summed E-state index contributed by atoms with van der Waals surface area (Å²) in [6.45, 7) is -0.155. The first-order valence-corrected chi connectivity index (χ1v) is 6.08. The van der Waals surface area contributed by atoms with Gasteiger partial charge in [-0.1, -0.05) is 0 Å². The van der Waals surface area contributed by atoms with Crippen LogP contribution in [0.1, 0.15) is 11.6 Å². The van der Waals surface area contributed by atoms with E-state index in [-0.39, 0.29) is 18.3 Å². The van der Waals surface area contributed by atoms with Gasteiger partial charge in [0.2, 0.25) is 0 Å². The van der Waals surface area contributed by atoms with Crippen LogP contribution >= 0.6 is 0 Å². The van der Waals surface area contributed by atoms with Crippen LogP contribution in [0.15, 0.2) is 29.3 Å². The molecular formula is C12H13F3N6O. The number of aromatic amines is 1. The van der Waals surface area contributed by atoms with Gasteiger partial charge in [-0.05, 0) is 24.3 Å². The van der Waals surface area contributed by atoms with E-state index >= 15 is 0 Å². The molecule has 0 fully saturated rings. The standard InChI is InChI=1S/C12H13F3N6O/c1-22-8-4-2-7(3-5-8)18-11(16)17-6-9-19-10(21-20-9)12(13,14)15/h2-5H,6H2,1H3,(H3,16,17,18)(H,19,20,21). The number of anilines is 1. The number of H-pyrrole nitrogens is 1. The highest BCUT2D eigenvalue weighted by atomic mass is 19.4. The van der Waals surface area contributed by atoms with Gasteiger partial charge in [-0.2, -0.15) is 13.2 Å². The maximum absolute atomic E-state index is 12.3. The number of nitrogens with zero attached hydrogens (tertiary/aromatic N) is 3. The van der Waals surface area contributed by atoms with Crippen molar-refractivity contribution in [1.82, 2.24) is 15.2 Å². The number of guanidine groups is 1. The molecule has 0 saturated carbocycles. The topological polar surface area (TPSA) is 101 Å². The van der Waals surface area contributed by atoms with Crippen LogP contribution in [-0.4, -0.2) is 28.3 Å². The number of halogens is 3. The molecule has 4 N–H and O–H groups in total. The van der Waals surface area contributed by atoms with E-state index in [9.17, 15) is 13.2 Å². The molecule has 0 bridgehead atoms. The number of ether oxygens (including phenoxy) is 1. The van der Waals surface area contributed by atoms with Crippen molar-refractivity contribution in [1.29, 1.82) is 0 Å². The first-order valence-electron chi connectivity index (χ1n) is 6.08. The minimum absolute atomic E-state index is 0.0354. The summed E-state index contributed by atoms with van der Waals surface area (Å²) < 4.78 is 42.0. The lowest BCUT2D eigenvalue weighted by Gasteiger charge is -2.06. The number of aliphatic imine (C=N–C) groups is 1. The molecule has 1 aromatic heterocycles. The second-order valence-corrected chi connectivity index (χ2v) is 4.16. The van der Waals surface area contributed by atoms with Crippen LogP contribution in [0.2, 0.25) is 0 Å². The highest BCUT2D eigenvalue weighted by Crippen LogP contribution is 2.25. The molecule has 10 heteroatoms. The summed E-state index contributed by atoms with van der Waals surface area (Å²) >= 11 is 0. The smallest absolute Gasteiger partial charge is 0.453 e. The monoisotopic (exact) mass is 314 g/mol. The predicted octanol–water partition coefficient (Wildman–Crippen LogP) is 1.76. The maximum atomic E-state index is 12.3. The number of hydrogen-bond donors (Lipinski definition) is 3. The lowest BCUT2D eigenvalue weighted by molar-refractivity contribution is -0.144. The van der Waals surface area contributed by atoms with E-state index in [1.807, 2.05) is 0 Å². The third kappa shape index (κ3) is 4.11. The van der Waals surface area contributed by atoms with E-state index < -0.39 is 12.0 Å². The average molecular weight is 314 g/mol. The maximum Gasteiger partial charge on any atom is 0.453 e. The molecule has 0 saturated heterocycles. The molecule has 1 aromatic carbocycles. The Morgan fingerprint density at radius 1 is 1.36 bits per heavy atom. The van der Waals surface area contributed by atoms with Crippen LogP contribution in [0.5, 0.6) is 5.75 Å². The molecule has 118 valence electrons. The van der Waals surface area contributed by atoms with E-state index in [1.54, 1.807) is 31.4 Å². The van der Waals surface area contributed by atoms with Crippen molar-refractivity contribution < 1.29 is 17.9 Å². The van der Waals surface area contributed by atoms with Crippen LogP contribution in [0.3, 0.4) is 0 Å². The Labute approximate surface area is 123 Å². The molecule has 0 aliphatic heterocycles. The normalized spacial score (nSPS) is 12.3. The Kier molecular flexibility index (Phi) is 4.49. The zero-order chi connectivity index (χ0) is 16.2. The van der Waals surface area contributed by atoms with Crippen LogP contribution in [0, 0.1) is 0 Å². The summed E-state index contributed by atoms with van der Waals surface area (Å²) in [5, 5.41) is 8.01. The summed E-state index contributed by atoms with van der Waals surface area (Å²) in [6, 6.07) is 6.89. The van der Waals surface area contributed by atoms with Crippen molar-refractivity contribution in [3.63, 3.8) is 0 Å². The number of nitrogens with two attached hydrogens (primary N) is 1. The van der Waals surface area contributed by atoms with Gasteiger partial charge in [-0.15, -0.1) is 5.10 Å². The van der Waals surface area contributed by atoms with E-state index in [1.165, 1.54) is 0 Å². The Bertz CT molecular complexity index is 650. The molecule has 0 aliphatic carbocycles. The fourth-order valence-electron chi connectivity index (χ4n) is 1.51. The molecule has 0 unspecified atom stereocenters. The third-order valence-electron chi connectivity index (χ3n) is 2.55. The highest BCUT2D eigenvalue weighted by Gasteiger charge is 2.35. The van der Waals surface area contributed by atoms with Crippen molar-refractivity contribution in [3.8, 4) is 5.75 Å². The second-order valence-electron chi connectivity index (χ2n) is 4.16. The molecule has 1 heterocycles. The van der Waals surface area contributed by atoms with Gasteiger partial charge in [0, 0.05) is 5.69 Å². The molecular weight excluding hydrogens is 301 g/mol. The average Bonchev–Trinajstić information content (AvgIpc) is 2.95. The number of rotatable bonds is 4. The van der Waals surface area contributed by atoms with Gasteiger partial charge in [0.15, 0.2) is 5.96 Å². The number of alkyl halides is 3. The minimum Gasteiger partial charge on any atom is -0.497 e. The fourth-order valence-corrected chi connectivity index (χ4v) is 1.51. The van der Waals surface area contributed by atoms with Gasteiger partial charge in [-0.25, -0.2) is 9.98 Å². The molecule has 0 aliphatic rings. The molecule has 22 heavy (non-hydrogen) atoms. The first kappa shape index (κ1) is 15.6. The number of nitrogens with one attached hydrogen (secondary N) is 2. The summed E-state index contributed by atoms with van der Waals surface area (Å²) in [5.41, 5.74) is 6.30. The highest BCUT2D eigenvalue weighted by molar-refractivity contribution is 5.92. The molecule has 2 rings (SSSR count). The zero-order valence-corrected chi connectivity index (χ0v) is 11.5. The lowest BCUT2D eigenvalue weighted by atomic mass is 10.3. The van der Waals surface area contributed by atoms with Gasteiger partial charge in [0.1, 0.15) is 18.1 Å². The largest absolute Gasteiger partial charge is 0.497 e. The van der Waals surface area contributed by atoms with Gasteiger partial charge in [-0.3, -0.25) is 5.10 Å². The van der Waals surface area contributed by atoms with E-state index in [4.69, 9.17) is 10.5 Å². The Morgan fingerprint density at radius 3 is 2.59 bits per heavy atom. The van der Waals surface area contributed by atoms with E-state index in [2.05, 4.69) is 25.5 Å².